The Labute approximate surface area is 116 Å². The highest BCUT2D eigenvalue weighted by Gasteiger charge is 2.35. The molecule has 112 valence electrons. The van der Waals surface area contributed by atoms with Crippen LogP contribution in [-0.4, -0.2) is 66.9 Å². The van der Waals surface area contributed by atoms with Crippen LogP contribution in [0.3, 0.4) is 0 Å². The number of ether oxygens (including phenoxy) is 2. The maximum atomic E-state index is 12.1. The Bertz CT molecular complexity index is 397. The normalized spacial score (nSPS) is 19.9. The third-order valence-electron chi connectivity index (χ3n) is 2.86. The zero-order chi connectivity index (χ0) is 15.1. The molecule has 8 nitrogen and oxygen atoms in total. The van der Waals surface area contributed by atoms with Crippen molar-refractivity contribution in [2.45, 2.75) is 18.5 Å². The van der Waals surface area contributed by atoms with Crippen LogP contribution in [0.25, 0.3) is 0 Å². The second kappa shape index (κ2) is 7.49. The minimum Gasteiger partial charge on any atom is -0.480 e. The van der Waals surface area contributed by atoms with Gasteiger partial charge < -0.3 is 24.8 Å². The summed E-state index contributed by atoms with van der Waals surface area (Å²) in [4.78, 5) is 35.8. The van der Waals surface area contributed by atoms with Crippen LogP contribution in [0, 0.1) is 0 Å². The summed E-state index contributed by atoms with van der Waals surface area (Å²) < 4.78 is 9.73. The summed E-state index contributed by atoms with van der Waals surface area (Å²) in [6, 6.07) is -2.59. The number of methoxy groups -OCH3 is 1. The number of amides is 2. The maximum absolute atomic E-state index is 12.1. The fourth-order valence-corrected chi connectivity index (χ4v) is 1.80. The number of urea groups is 1. The van der Waals surface area contributed by atoms with E-state index < -0.39 is 30.1 Å². The molecule has 0 saturated carbocycles. The van der Waals surface area contributed by atoms with Crippen LogP contribution in [0.2, 0.25) is 0 Å². The van der Waals surface area contributed by atoms with Crippen molar-refractivity contribution < 1.29 is 29.0 Å². The van der Waals surface area contributed by atoms with Gasteiger partial charge in [0, 0.05) is 6.54 Å². The first-order valence-corrected chi connectivity index (χ1v) is 6.07. The molecule has 0 aromatic carbocycles. The van der Waals surface area contributed by atoms with E-state index in [1.54, 1.807) is 0 Å². The van der Waals surface area contributed by atoms with Crippen molar-refractivity contribution in [3.05, 3.63) is 12.7 Å². The zero-order valence-electron chi connectivity index (χ0n) is 11.2. The average molecular weight is 286 g/mol. The van der Waals surface area contributed by atoms with Gasteiger partial charge in [-0.1, -0.05) is 6.08 Å². The summed E-state index contributed by atoms with van der Waals surface area (Å²) in [5, 5.41) is 11.3. The number of carbonyl (C=O) groups excluding carboxylic acids is 2. The molecule has 0 aromatic heterocycles. The van der Waals surface area contributed by atoms with Crippen molar-refractivity contribution in [2.75, 3.05) is 26.9 Å². The first kappa shape index (κ1) is 16.0. The molecule has 0 bridgehead atoms. The van der Waals surface area contributed by atoms with E-state index >= 15 is 0 Å². The summed E-state index contributed by atoms with van der Waals surface area (Å²) >= 11 is 0. The predicted octanol–water partition coefficient (Wildman–Crippen LogP) is -0.401. The standard InChI is InChI=1S/C12H18N2O6/c1-3-4-8(10(15)16)13-12(18)14-5-6-20-7-9(14)11(17)19-2/h3,8-9H,1,4-7H2,2H3,(H,13,18)(H,15,16). The van der Waals surface area contributed by atoms with Gasteiger partial charge in [-0.2, -0.15) is 0 Å². The van der Waals surface area contributed by atoms with E-state index in [0.717, 1.165) is 0 Å². The molecule has 0 aromatic rings. The maximum Gasteiger partial charge on any atom is 0.331 e. The number of carbonyl (C=O) groups is 3. The average Bonchev–Trinajstić information content (AvgIpc) is 2.45. The van der Waals surface area contributed by atoms with E-state index in [4.69, 9.17) is 9.84 Å². The second-order valence-electron chi connectivity index (χ2n) is 4.17. The number of hydrogen-bond donors (Lipinski definition) is 2. The van der Waals surface area contributed by atoms with Gasteiger partial charge in [-0.25, -0.2) is 14.4 Å². The Morgan fingerprint density at radius 1 is 1.60 bits per heavy atom. The molecule has 20 heavy (non-hydrogen) atoms. The second-order valence-corrected chi connectivity index (χ2v) is 4.17. The van der Waals surface area contributed by atoms with Crippen molar-refractivity contribution in [3.8, 4) is 0 Å². The van der Waals surface area contributed by atoms with Crippen LogP contribution >= 0.6 is 0 Å². The largest absolute Gasteiger partial charge is 0.480 e. The molecule has 1 aliphatic heterocycles. The van der Waals surface area contributed by atoms with Crippen molar-refractivity contribution in [1.29, 1.82) is 0 Å². The Balaban J connectivity index is 2.74. The number of rotatable bonds is 5. The number of carboxylic acids is 1. The van der Waals surface area contributed by atoms with Gasteiger partial charge in [0.25, 0.3) is 0 Å². The number of carboxylic acid groups (broad SMARTS) is 1. The fourth-order valence-electron chi connectivity index (χ4n) is 1.80. The highest BCUT2D eigenvalue weighted by atomic mass is 16.5. The summed E-state index contributed by atoms with van der Waals surface area (Å²) in [5.41, 5.74) is 0. The molecule has 1 rings (SSSR count). The molecule has 1 heterocycles. The minimum atomic E-state index is -1.17. The van der Waals surface area contributed by atoms with E-state index in [2.05, 4.69) is 16.6 Å². The van der Waals surface area contributed by atoms with Gasteiger partial charge in [0.05, 0.1) is 20.3 Å². The summed E-state index contributed by atoms with van der Waals surface area (Å²) in [5.74, 6) is -1.77. The van der Waals surface area contributed by atoms with Gasteiger partial charge in [-0.05, 0) is 6.42 Å². The molecule has 2 atom stereocenters. The van der Waals surface area contributed by atoms with E-state index in [9.17, 15) is 14.4 Å². The van der Waals surface area contributed by atoms with E-state index in [1.165, 1.54) is 18.1 Å². The van der Waals surface area contributed by atoms with Crippen LogP contribution in [0.15, 0.2) is 12.7 Å². The molecule has 2 unspecified atom stereocenters. The van der Waals surface area contributed by atoms with Gasteiger partial charge in [-0.3, -0.25) is 0 Å². The van der Waals surface area contributed by atoms with Crippen molar-refractivity contribution in [2.24, 2.45) is 0 Å². The third-order valence-corrected chi connectivity index (χ3v) is 2.86. The summed E-state index contributed by atoms with van der Waals surface area (Å²) in [6.45, 7) is 3.93. The number of esters is 1. The molecule has 1 fully saturated rings. The zero-order valence-corrected chi connectivity index (χ0v) is 11.2. The van der Waals surface area contributed by atoms with E-state index in [0.29, 0.717) is 0 Å². The predicted molar refractivity (Wildman–Crippen MR) is 68.1 cm³/mol. The molecule has 2 N–H and O–H groups in total. The monoisotopic (exact) mass is 286 g/mol. The molecular formula is C12H18N2O6. The molecule has 1 aliphatic rings. The summed E-state index contributed by atoms with van der Waals surface area (Å²) in [6.07, 6.45) is 1.49. The molecule has 0 spiro atoms. The van der Waals surface area contributed by atoms with Gasteiger partial charge in [0.15, 0.2) is 6.04 Å². The van der Waals surface area contributed by atoms with Crippen molar-refractivity contribution in [3.63, 3.8) is 0 Å². The Morgan fingerprint density at radius 3 is 2.85 bits per heavy atom. The molecular weight excluding hydrogens is 268 g/mol. The molecule has 8 heteroatoms. The van der Waals surface area contributed by atoms with Crippen molar-refractivity contribution >= 4 is 18.0 Å². The van der Waals surface area contributed by atoms with Crippen LogP contribution < -0.4 is 5.32 Å². The molecule has 0 aliphatic carbocycles. The quantitative estimate of drug-likeness (QED) is 0.526. The first-order valence-electron chi connectivity index (χ1n) is 6.07. The number of morpholine rings is 1. The molecule has 2 amide bonds. The van der Waals surface area contributed by atoms with E-state index in [1.807, 2.05) is 0 Å². The lowest BCUT2D eigenvalue weighted by molar-refractivity contribution is -0.151. The van der Waals surface area contributed by atoms with E-state index in [-0.39, 0.29) is 26.2 Å². The lowest BCUT2D eigenvalue weighted by atomic mass is 10.2. The Morgan fingerprint density at radius 2 is 2.30 bits per heavy atom. The lowest BCUT2D eigenvalue weighted by Gasteiger charge is -2.34. The van der Waals surface area contributed by atoms with Crippen LogP contribution in [0.1, 0.15) is 6.42 Å². The number of nitrogens with one attached hydrogen (secondary N) is 1. The number of nitrogens with zero attached hydrogens (tertiary/aromatic N) is 1. The number of hydrogen-bond acceptors (Lipinski definition) is 5. The van der Waals surface area contributed by atoms with Crippen LogP contribution in [0.5, 0.6) is 0 Å². The van der Waals surface area contributed by atoms with Gasteiger partial charge >= 0.3 is 18.0 Å². The first-order chi connectivity index (χ1) is 9.51. The SMILES string of the molecule is C=CCC(NC(=O)N1CCOCC1C(=O)OC)C(=O)O. The Hall–Kier alpha value is -2.09. The molecule has 1 saturated heterocycles. The smallest absolute Gasteiger partial charge is 0.331 e. The van der Waals surface area contributed by atoms with Gasteiger partial charge in [0.1, 0.15) is 6.04 Å². The molecule has 0 radical (unpaired) electrons. The van der Waals surface area contributed by atoms with Crippen LogP contribution in [-0.2, 0) is 19.1 Å². The van der Waals surface area contributed by atoms with Crippen LogP contribution in [0.4, 0.5) is 4.79 Å². The minimum absolute atomic E-state index is 0.0271. The topological polar surface area (TPSA) is 105 Å². The van der Waals surface area contributed by atoms with Crippen molar-refractivity contribution in [1.82, 2.24) is 10.2 Å². The van der Waals surface area contributed by atoms with Gasteiger partial charge in [-0.15, -0.1) is 6.58 Å². The highest BCUT2D eigenvalue weighted by Crippen LogP contribution is 2.09. The Kier molecular flexibility index (Phi) is 5.98. The lowest BCUT2D eigenvalue weighted by Crippen LogP contribution is -2.58. The summed E-state index contributed by atoms with van der Waals surface area (Å²) in [7, 11) is 1.21. The third kappa shape index (κ3) is 3.95. The fraction of sp³-hybridized carbons (Fsp3) is 0.583. The number of aliphatic carboxylic acids is 1. The highest BCUT2D eigenvalue weighted by molar-refractivity contribution is 5.87. The van der Waals surface area contributed by atoms with Gasteiger partial charge in [0.2, 0.25) is 0 Å².